The second kappa shape index (κ2) is 8.25. The summed E-state index contributed by atoms with van der Waals surface area (Å²) in [7, 11) is 0. The third kappa shape index (κ3) is 4.02. The molecule has 4 nitrogen and oxygen atoms in total. The Morgan fingerprint density at radius 3 is 2.35 bits per heavy atom. The Bertz CT molecular complexity index is 644. The van der Waals surface area contributed by atoms with E-state index < -0.39 is 5.60 Å². The van der Waals surface area contributed by atoms with Gasteiger partial charge in [-0.15, -0.1) is 0 Å². The van der Waals surface area contributed by atoms with Crippen molar-refractivity contribution in [1.82, 2.24) is 0 Å². The number of fused-ring (bicyclic) bond motifs is 5. The van der Waals surface area contributed by atoms with E-state index >= 15 is 0 Å². The molecule has 0 unspecified atom stereocenters. The van der Waals surface area contributed by atoms with Crippen LogP contribution in [0, 0.1) is 46.3 Å². The number of aliphatic hydroxyl groups excluding tert-OH is 3. The van der Waals surface area contributed by atoms with Gasteiger partial charge in [-0.2, -0.15) is 0 Å². The van der Waals surface area contributed by atoms with Gasteiger partial charge in [-0.05, 0) is 112 Å². The van der Waals surface area contributed by atoms with Gasteiger partial charge in [0.25, 0.3) is 0 Å². The molecule has 180 valence electrons. The van der Waals surface area contributed by atoms with E-state index in [-0.39, 0.29) is 29.1 Å². The van der Waals surface area contributed by atoms with Crippen molar-refractivity contribution in [1.29, 1.82) is 0 Å². The second-order valence-electron chi connectivity index (χ2n) is 13.2. The number of hydrogen-bond donors (Lipinski definition) is 4. The van der Waals surface area contributed by atoms with Crippen molar-refractivity contribution in [3.05, 3.63) is 0 Å². The molecule has 0 aromatic carbocycles. The van der Waals surface area contributed by atoms with Crippen LogP contribution in [0.3, 0.4) is 0 Å². The van der Waals surface area contributed by atoms with Crippen LogP contribution in [0.15, 0.2) is 0 Å². The van der Waals surface area contributed by atoms with Gasteiger partial charge < -0.3 is 20.4 Å². The first kappa shape index (κ1) is 24.0. The molecular formula is C27H48O4. The predicted molar refractivity (Wildman–Crippen MR) is 123 cm³/mol. The SMILES string of the molecule is C[C@H](CCCC(C)(C)O)[C@@H]1CC[C@@H]2[C@H]3[C@H](O)C[C@H]4C[C@@H](O)CC[C@]4(C)[C@@H]3C[C@@H](O)[C@@]21C. The van der Waals surface area contributed by atoms with Gasteiger partial charge in [0, 0.05) is 0 Å². The van der Waals surface area contributed by atoms with Crippen LogP contribution < -0.4 is 0 Å². The van der Waals surface area contributed by atoms with Crippen molar-refractivity contribution < 1.29 is 20.4 Å². The highest BCUT2D eigenvalue weighted by Crippen LogP contribution is 2.68. The Kier molecular flexibility index (Phi) is 6.38. The van der Waals surface area contributed by atoms with Crippen LogP contribution >= 0.6 is 0 Å². The minimum absolute atomic E-state index is 0.117. The van der Waals surface area contributed by atoms with E-state index in [1.807, 2.05) is 13.8 Å². The van der Waals surface area contributed by atoms with Crippen molar-refractivity contribution in [3.63, 3.8) is 0 Å². The van der Waals surface area contributed by atoms with Crippen LogP contribution in [0.4, 0.5) is 0 Å². The largest absolute Gasteiger partial charge is 0.393 e. The summed E-state index contributed by atoms with van der Waals surface area (Å²) in [6, 6.07) is 0. The van der Waals surface area contributed by atoms with Gasteiger partial charge in [0.15, 0.2) is 0 Å². The van der Waals surface area contributed by atoms with Crippen LogP contribution in [-0.2, 0) is 0 Å². The van der Waals surface area contributed by atoms with E-state index in [1.54, 1.807) is 0 Å². The molecule has 0 radical (unpaired) electrons. The van der Waals surface area contributed by atoms with E-state index in [9.17, 15) is 20.4 Å². The maximum Gasteiger partial charge on any atom is 0.0602 e. The Morgan fingerprint density at radius 2 is 1.68 bits per heavy atom. The van der Waals surface area contributed by atoms with E-state index in [4.69, 9.17) is 0 Å². The van der Waals surface area contributed by atoms with E-state index in [1.165, 1.54) is 0 Å². The average Bonchev–Trinajstić information content (AvgIpc) is 3.01. The molecule has 4 N–H and O–H groups in total. The van der Waals surface area contributed by atoms with Gasteiger partial charge in [-0.25, -0.2) is 0 Å². The molecule has 31 heavy (non-hydrogen) atoms. The van der Waals surface area contributed by atoms with E-state index in [0.29, 0.717) is 35.5 Å². The minimum atomic E-state index is -0.606. The van der Waals surface area contributed by atoms with Gasteiger partial charge in [-0.1, -0.05) is 33.6 Å². The molecule has 0 saturated heterocycles. The zero-order chi connectivity index (χ0) is 22.8. The fourth-order valence-corrected chi connectivity index (χ4v) is 9.19. The summed E-state index contributed by atoms with van der Waals surface area (Å²) >= 11 is 0. The zero-order valence-corrected chi connectivity index (χ0v) is 20.6. The van der Waals surface area contributed by atoms with Crippen molar-refractivity contribution in [2.75, 3.05) is 0 Å². The van der Waals surface area contributed by atoms with Gasteiger partial charge >= 0.3 is 0 Å². The second-order valence-corrected chi connectivity index (χ2v) is 13.2. The molecule has 0 amide bonds. The Hall–Kier alpha value is -0.160. The molecule has 11 atom stereocenters. The molecular weight excluding hydrogens is 388 g/mol. The van der Waals surface area contributed by atoms with Gasteiger partial charge in [0.1, 0.15) is 0 Å². The zero-order valence-electron chi connectivity index (χ0n) is 20.6. The normalized spacial score (nSPS) is 51.0. The molecule has 4 heteroatoms. The molecule has 4 saturated carbocycles. The third-order valence-corrected chi connectivity index (χ3v) is 11.0. The fourth-order valence-electron chi connectivity index (χ4n) is 9.19. The lowest BCUT2D eigenvalue weighted by molar-refractivity contribution is -0.207. The van der Waals surface area contributed by atoms with E-state index in [0.717, 1.165) is 64.2 Å². The smallest absolute Gasteiger partial charge is 0.0602 e. The number of aliphatic hydroxyl groups is 4. The summed E-state index contributed by atoms with van der Waals surface area (Å²) < 4.78 is 0. The number of hydrogen-bond acceptors (Lipinski definition) is 4. The highest BCUT2D eigenvalue weighted by atomic mass is 16.3. The van der Waals surface area contributed by atoms with Crippen molar-refractivity contribution in [3.8, 4) is 0 Å². The summed E-state index contributed by atoms with van der Waals surface area (Å²) in [5, 5.41) is 43.3. The lowest BCUT2D eigenvalue weighted by Crippen LogP contribution is -2.62. The van der Waals surface area contributed by atoms with Gasteiger partial charge in [-0.3, -0.25) is 0 Å². The van der Waals surface area contributed by atoms with Gasteiger partial charge in [0.05, 0.1) is 23.9 Å². The van der Waals surface area contributed by atoms with Crippen LogP contribution in [0.1, 0.15) is 98.8 Å². The van der Waals surface area contributed by atoms with Gasteiger partial charge in [0.2, 0.25) is 0 Å². The van der Waals surface area contributed by atoms with Crippen molar-refractivity contribution in [2.24, 2.45) is 46.3 Å². The maximum absolute atomic E-state index is 11.6. The summed E-state index contributed by atoms with van der Waals surface area (Å²) in [5.41, 5.74) is -0.583. The van der Waals surface area contributed by atoms with E-state index in [2.05, 4.69) is 20.8 Å². The van der Waals surface area contributed by atoms with Crippen LogP contribution in [-0.4, -0.2) is 44.3 Å². The molecule has 0 aromatic heterocycles. The van der Waals surface area contributed by atoms with Crippen LogP contribution in [0.25, 0.3) is 0 Å². The molecule has 0 heterocycles. The van der Waals surface area contributed by atoms with Crippen molar-refractivity contribution in [2.45, 2.75) is 123 Å². The molecule has 4 rings (SSSR count). The average molecular weight is 437 g/mol. The maximum atomic E-state index is 11.6. The lowest BCUT2D eigenvalue weighted by Gasteiger charge is -2.63. The third-order valence-electron chi connectivity index (χ3n) is 11.0. The van der Waals surface area contributed by atoms with Crippen molar-refractivity contribution >= 4 is 0 Å². The first-order valence-electron chi connectivity index (χ1n) is 13.1. The standard InChI is InChI=1S/C27H48O4/c1-16(7-6-11-25(2,3)31)19-8-9-20-24-21(15-23(30)27(19,20)5)26(4)12-10-18(28)13-17(26)14-22(24)29/h16-24,28-31H,6-15H2,1-5H3/t16-,17-,18+,19+,20-,21-,22-,23-,24-,26+,27-/m1/s1. The van der Waals surface area contributed by atoms with Crippen LogP contribution in [0.2, 0.25) is 0 Å². The molecule has 0 spiro atoms. The Morgan fingerprint density at radius 1 is 0.968 bits per heavy atom. The molecule has 4 aliphatic rings. The summed E-state index contributed by atoms with van der Waals surface area (Å²) in [4.78, 5) is 0. The first-order valence-corrected chi connectivity index (χ1v) is 13.1. The summed E-state index contributed by atoms with van der Waals surface area (Å²) in [6.45, 7) is 10.8. The number of rotatable bonds is 5. The monoisotopic (exact) mass is 436 g/mol. The molecule has 0 aliphatic heterocycles. The summed E-state index contributed by atoms with van der Waals surface area (Å²) in [5.74, 6) is 2.44. The van der Waals surface area contributed by atoms with Crippen LogP contribution in [0.5, 0.6) is 0 Å². The molecule has 0 aromatic rings. The Balaban J connectivity index is 1.54. The Labute approximate surface area is 189 Å². The fraction of sp³-hybridized carbons (Fsp3) is 1.00. The summed E-state index contributed by atoms with van der Waals surface area (Å²) in [6.07, 6.45) is 8.73. The predicted octanol–water partition coefficient (Wildman–Crippen LogP) is 4.53. The topological polar surface area (TPSA) is 80.9 Å². The first-order chi connectivity index (χ1) is 14.4. The highest BCUT2D eigenvalue weighted by Gasteiger charge is 2.65. The molecule has 0 bridgehead atoms. The molecule has 4 fully saturated rings. The molecule has 4 aliphatic carbocycles. The highest BCUT2D eigenvalue weighted by molar-refractivity contribution is 5.14. The minimum Gasteiger partial charge on any atom is -0.393 e. The lowest BCUT2D eigenvalue weighted by atomic mass is 9.43. The quantitative estimate of drug-likeness (QED) is 0.511.